The van der Waals surface area contributed by atoms with Gasteiger partial charge < -0.3 is 18.0 Å². The molecule has 20 heavy (non-hydrogen) atoms. The third-order valence-corrected chi connectivity index (χ3v) is 5.91. The lowest BCUT2D eigenvalue weighted by atomic mass is 10.2. The number of ether oxygens (including phenoxy) is 1. The second kappa shape index (κ2) is 7.33. The van der Waals surface area contributed by atoms with Gasteiger partial charge in [-0.1, -0.05) is 19.9 Å². The Bertz CT molecular complexity index is 342. The van der Waals surface area contributed by atoms with Gasteiger partial charge in [0.15, 0.2) is 6.23 Å². The summed E-state index contributed by atoms with van der Waals surface area (Å²) in [6, 6.07) is 0. The molecular formula is C13H23NO5Si. The highest BCUT2D eigenvalue weighted by molar-refractivity contribution is 6.60. The van der Waals surface area contributed by atoms with Gasteiger partial charge in [0.2, 0.25) is 0 Å². The molecule has 3 aliphatic rings. The van der Waals surface area contributed by atoms with E-state index in [9.17, 15) is 4.79 Å². The van der Waals surface area contributed by atoms with Gasteiger partial charge in [-0.15, -0.1) is 0 Å². The Morgan fingerprint density at radius 3 is 2.75 bits per heavy atom. The molecule has 0 aliphatic carbocycles. The lowest BCUT2D eigenvalue weighted by Gasteiger charge is -2.41. The van der Waals surface area contributed by atoms with Crippen LogP contribution in [0.2, 0.25) is 0 Å². The fourth-order valence-electron chi connectivity index (χ4n) is 2.45. The van der Waals surface area contributed by atoms with Crippen LogP contribution in [-0.2, 0) is 22.8 Å². The van der Waals surface area contributed by atoms with Gasteiger partial charge in [0.25, 0.3) is 0 Å². The van der Waals surface area contributed by atoms with Crippen molar-refractivity contribution < 1.29 is 22.8 Å². The Morgan fingerprint density at radius 1 is 1.45 bits per heavy atom. The highest BCUT2D eigenvalue weighted by Gasteiger charge is 2.48. The molecular weight excluding hydrogens is 278 g/mol. The average molecular weight is 301 g/mol. The molecule has 1 atom stereocenters. The molecule has 0 amide bonds. The van der Waals surface area contributed by atoms with Crippen LogP contribution in [0.3, 0.4) is 0 Å². The zero-order chi connectivity index (χ0) is 14.4. The van der Waals surface area contributed by atoms with E-state index < -0.39 is 14.8 Å². The van der Waals surface area contributed by atoms with Crippen LogP contribution in [0, 0.1) is 0 Å². The van der Waals surface area contributed by atoms with Crippen molar-refractivity contribution in [3.8, 4) is 0 Å². The molecule has 0 aromatic carbocycles. The van der Waals surface area contributed by atoms with Crippen LogP contribution in [0.1, 0.15) is 19.8 Å². The van der Waals surface area contributed by atoms with Crippen molar-refractivity contribution in [2.45, 2.75) is 25.9 Å². The summed E-state index contributed by atoms with van der Waals surface area (Å²) in [7, 11) is -2.92. The molecule has 0 N–H and O–H groups in total. The SMILES string of the molecule is C=CC(=O)OC[Si]12OCCN(CCO1)CC(CCC)O2. The van der Waals surface area contributed by atoms with Gasteiger partial charge in [-0.25, -0.2) is 4.79 Å². The normalized spacial score (nSPS) is 33.9. The van der Waals surface area contributed by atoms with Gasteiger partial charge in [0, 0.05) is 25.7 Å². The molecule has 3 fully saturated rings. The van der Waals surface area contributed by atoms with Crippen molar-refractivity contribution in [3.63, 3.8) is 0 Å². The van der Waals surface area contributed by atoms with Gasteiger partial charge in [0.1, 0.15) is 0 Å². The maximum Gasteiger partial charge on any atom is 0.541 e. The van der Waals surface area contributed by atoms with Gasteiger partial charge in [-0.2, -0.15) is 0 Å². The van der Waals surface area contributed by atoms with Crippen LogP contribution in [-0.4, -0.2) is 64.9 Å². The van der Waals surface area contributed by atoms with E-state index in [2.05, 4.69) is 18.4 Å². The summed E-state index contributed by atoms with van der Waals surface area (Å²) in [5, 5.41) is 0. The number of carbonyl (C=O) groups is 1. The summed E-state index contributed by atoms with van der Waals surface area (Å²) < 4.78 is 23.0. The fraction of sp³-hybridized carbons (Fsp3) is 0.769. The van der Waals surface area contributed by atoms with Crippen LogP contribution < -0.4 is 0 Å². The summed E-state index contributed by atoms with van der Waals surface area (Å²) in [6.07, 6.45) is 3.28. The van der Waals surface area contributed by atoms with E-state index in [0.717, 1.165) is 38.6 Å². The van der Waals surface area contributed by atoms with Gasteiger partial charge in [0.05, 0.1) is 19.3 Å². The number of nitrogens with zero attached hydrogens (tertiary/aromatic N) is 1. The van der Waals surface area contributed by atoms with Crippen molar-refractivity contribution >= 4 is 14.8 Å². The predicted octanol–water partition coefficient (Wildman–Crippen LogP) is 0.741. The van der Waals surface area contributed by atoms with Crippen LogP contribution >= 0.6 is 0 Å². The molecule has 0 saturated carbocycles. The molecule has 6 nitrogen and oxygen atoms in total. The first kappa shape index (κ1) is 15.7. The Labute approximate surface area is 121 Å². The lowest BCUT2D eigenvalue weighted by molar-refractivity contribution is -0.139. The Morgan fingerprint density at radius 2 is 2.15 bits per heavy atom. The molecule has 3 aliphatic heterocycles. The molecule has 3 rings (SSSR count). The van der Waals surface area contributed by atoms with E-state index in [0.29, 0.717) is 13.2 Å². The molecule has 0 spiro atoms. The second-order valence-electron chi connectivity index (χ2n) is 5.02. The molecule has 0 aromatic heterocycles. The quantitative estimate of drug-likeness (QED) is 0.424. The third-order valence-electron chi connectivity index (χ3n) is 3.44. The third kappa shape index (κ3) is 4.13. The molecule has 7 heteroatoms. The van der Waals surface area contributed by atoms with Gasteiger partial charge >= 0.3 is 14.8 Å². The standard InChI is InChI=1S/C13H23NO5Si/c1-3-5-12-10-14-6-8-17-20(19-12,18-9-7-14)11-16-13(15)4-2/h4,12H,2-3,5-11H2,1H3. The number of esters is 1. The zero-order valence-corrected chi connectivity index (χ0v) is 13.0. The summed E-state index contributed by atoms with van der Waals surface area (Å²) in [6.45, 7) is 9.26. The minimum atomic E-state index is -2.92. The number of hydrogen-bond donors (Lipinski definition) is 0. The lowest BCUT2D eigenvalue weighted by Crippen LogP contribution is -2.60. The molecule has 0 radical (unpaired) electrons. The van der Waals surface area contributed by atoms with E-state index in [1.54, 1.807) is 0 Å². The van der Waals surface area contributed by atoms with E-state index in [1.807, 2.05) is 0 Å². The van der Waals surface area contributed by atoms with Crippen LogP contribution in [0.5, 0.6) is 0 Å². The topological polar surface area (TPSA) is 57.2 Å². The van der Waals surface area contributed by atoms with E-state index in [4.69, 9.17) is 18.0 Å². The highest BCUT2D eigenvalue weighted by atomic mass is 28.4. The molecule has 0 aromatic rings. The molecule has 2 bridgehead atoms. The number of carbonyl (C=O) groups excluding carboxylic acids is 1. The van der Waals surface area contributed by atoms with E-state index in [1.165, 1.54) is 0 Å². The van der Waals surface area contributed by atoms with E-state index >= 15 is 0 Å². The molecule has 114 valence electrons. The minimum Gasteiger partial charge on any atom is -0.458 e. The summed E-state index contributed by atoms with van der Waals surface area (Å²) in [5.41, 5.74) is 0. The van der Waals surface area contributed by atoms with Crippen molar-refractivity contribution in [2.75, 3.05) is 39.1 Å². The van der Waals surface area contributed by atoms with Crippen LogP contribution in [0.15, 0.2) is 12.7 Å². The van der Waals surface area contributed by atoms with Gasteiger partial charge in [-0.05, 0) is 6.42 Å². The highest BCUT2D eigenvalue weighted by Crippen LogP contribution is 2.22. The number of fused-ring (bicyclic) bond motifs is 6. The zero-order valence-electron chi connectivity index (χ0n) is 12.0. The fourth-order valence-corrected chi connectivity index (χ4v) is 4.73. The first-order valence-corrected chi connectivity index (χ1v) is 9.08. The number of rotatable bonds is 5. The first-order chi connectivity index (χ1) is 9.67. The molecule has 3 heterocycles. The Hall–Kier alpha value is -0.733. The molecule has 1 unspecified atom stereocenters. The minimum absolute atomic E-state index is 0.0675. The Balaban J connectivity index is 2.07. The maximum absolute atomic E-state index is 11.3. The van der Waals surface area contributed by atoms with Crippen molar-refractivity contribution in [1.82, 2.24) is 4.90 Å². The predicted molar refractivity (Wildman–Crippen MR) is 75.0 cm³/mol. The molecule has 3 saturated heterocycles. The number of hydrogen-bond acceptors (Lipinski definition) is 6. The van der Waals surface area contributed by atoms with Crippen LogP contribution in [0.4, 0.5) is 0 Å². The smallest absolute Gasteiger partial charge is 0.458 e. The van der Waals surface area contributed by atoms with Gasteiger partial charge in [-0.3, -0.25) is 4.90 Å². The Kier molecular flexibility index (Phi) is 5.73. The van der Waals surface area contributed by atoms with Crippen molar-refractivity contribution in [1.29, 1.82) is 0 Å². The van der Waals surface area contributed by atoms with E-state index in [-0.39, 0.29) is 12.3 Å². The first-order valence-electron chi connectivity index (χ1n) is 7.15. The summed E-state index contributed by atoms with van der Waals surface area (Å²) in [5.74, 6) is -0.472. The maximum atomic E-state index is 11.3. The van der Waals surface area contributed by atoms with Crippen LogP contribution in [0.25, 0.3) is 0 Å². The largest absolute Gasteiger partial charge is 0.541 e. The monoisotopic (exact) mass is 301 g/mol. The summed E-state index contributed by atoms with van der Waals surface area (Å²) in [4.78, 5) is 13.6. The van der Waals surface area contributed by atoms with Crippen molar-refractivity contribution in [3.05, 3.63) is 12.7 Å². The second-order valence-corrected chi connectivity index (χ2v) is 7.49. The summed E-state index contributed by atoms with van der Waals surface area (Å²) >= 11 is 0. The average Bonchev–Trinajstić information content (AvgIpc) is 2.38. The van der Waals surface area contributed by atoms with Crippen molar-refractivity contribution in [2.24, 2.45) is 0 Å².